The van der Waals surface area contributed by atoms with Crippen molar-refractivity contribution in [1.82, 2.24) is 9.97 Å². The Morgan fingerprint density at radius 3 is 2.36 bits per heavy atom. The Bertz CT molecular complexity index is 893. The van der Waals surface area contributed by atoms with Gasteiger partial charge >= 0.3 is 0 Å². The maximum atomic E-state index is 12.3. The SMILES string of the molecule is Cc1cccc(Nc2cnc(C(=O)Nc3c(Cl)cccc3Cl)cn2)c1. The molecule has 126 valence electrons. The van der Waals surface area contributed by atoms with Crippen LogP contribution in [0.5, 0.6) is 0 Å². The van der Waals surface area contributed by atoms with Gasteiger partial charge in [0.05, 0.1) is 28.1 Å². The third-order valence-corrected chi connectivity index (χ3v) is 4.01. The number of aromatic nitrogens is 2. The third-order valence-electron chi connectivity index (χ3n) is 3.38. The van der Waals surface area contributed by atoms with Crippen LogP contribution in [0.2, 0.25) is 10.0 Å². The first-order valence-electron chi connectivity index (χ1n) is 7.44. The zero-order chi connectivity index (χ0) is 17.8. The molecule has 7 heteroatoms. The van der Waals surface area contributed by atoms with E-state index in [2.05, 4.69) is 20.6 Å². The highest BCUT2D eigenvalue weighted by atomic mass is 35.5. The van der Waals surface area contributed by atoms with Gasteiger partial charge in [0.1, 0.15) is 11.5 Å². The van der Waals surface area contributed by atoms with Crippen LogP contribution in [0.4, 0.5) is 17.2 Å². The van der Waals surface area contributed by atoms with Gasteiger partial charge < -0.3 is 10.6 Å². The van der Waals surface area contributed by atoms with Gasteiger partial charge in [-0.3, -0.25) is 4.79 Å². The molecule has 1 heterocycles. The maximum Gasteiger partial charge on any atom is 0.275 e. The third kappa shape index (κ3) is 4.26. The Morgan fingerprint density at radius 1 is 1.00 bits per heavy atom. The molecule has 0 saturated heterocycles. The second kappa shape index (κ2) is 7.51. The minimum Gasteiger partial charge on any atom is -0.339 e. The molecule has 1 aromatic heterocycles. The van der Waals surface area contributed by atoms with Crippen molar-refractivity contribution < 1.29 is 4.79 Å². The first-order valence-corrected chi connectivity index (χ1v) is 8.19. The number of halogens is 2. The molecule has 1 amide bonds. The van der Waals surface area contributed by atoms with E-state index >= 15 is 0 Å². The van der Waals surface area contributed by atoms with Crippen molar-refractivity contribution in [3.05, 3.63) is 76.2 Å². The van der Waals surface area contributed by atoms with Crippen LogP contribution >= 0.6 is 23.2 Å². The number of carbonyl (C=O) groups excluding carboxylic acids is 1. The highest BCUT2D eigenvalue weighted by molar-refractivity contribution is 6.39. The molecule has 0 aliphatic heterocycles. The molecule has 25 heavy (non-hydrogen) atoms. The van der Waals surface area contributed by atoms with E-state index in [0.717, 1.165) is 11.3 Å². The summed E-state index contributed by atoms with van der Waals surface area (Å²) in [6, 6.07) is 12.8. The summed E-state index contributed by atoms with van der Waals surface area (Å²) >= 11 is 12.1. The van der Waals surface area contributed by atoms with E-state index in [1.807, 2.05) is 31.2 Å². The van der Waals surface area contributed by atoms with Crippen LogP contribution in [0, 0.1) is 6.92 Å². The van der Waals surface area contributed by atoms with Crippen molar-refractivity contribution in [1.29, 1.82) is 0 Å². The zero-order valence-corrected chi connectivity index (χ0v) is 14.8. The first-order chi connectivity index (χ1) is 12.0. The lowest BCUT2D eigenvalue weighted by Gasteiger charge is -2.09. The summed E-state index contributed by atoms with van der Waals surface area (Å²) in [5.74, 6) is 0.0996. The second-order valence-electron chi connectivity index (χ2n) is 5.33. The van der Waals surface area contributed by atoms with E-state index in [1.54, 1.807) is 18.2 Å². The fraction of sp³-hybridized carbons (Fsp3) is 0.0556. The average Bonchev–Trinajstić information content (AvgIpc) is 2.59. The molecule has 0 saturated carbocycles. The van der Waals surface area contributed by atoms with Crippen LogP contribution in [0.1, 0.15) is 16.1 Å². The Labute approximate surface area is 155 Å². The minimum atomic E-state index is -0.440. The van der Waals surface area contributed by atoms with Crippen LogP contribution in [0.25, 0.3) is 0 Å². The molecule has 0 spiro atoms. The lowest BCUT2D eigenvalue weighted by molar-refractivity contribution is 0.102. The molecule has 0 aliphatic carbocycles. The van der Waals surface area contributed by atoms with Gasteiger partial charge in [0.2, 0.25) is 0 Å². The van der Waals surface area contributed by atoms with Gasteiger partial charge in [0.25, 0.3) is 5.91 Å². The number of nitrogens with one attached hydrogen (secondary N) is 2. The number of nitrogens with zero attached hydrogens (tertiary/aromatic N) is 2. The van der Waals surface area contributed by atoms with Crippen LogP contribution in [0.15, 0.2) is 54.9 Å². The molecule has 0 atom stereocenters. The molecule has 0 fully saturated rings. The first kappa shape index (κ1) is 17.2. The molecule has 5 nitrogen and oxygen atoms in total. The normalized spacial score (nSPS) is 10.4. The van der Waals surface area contributed by atoms with Gasteiger partial charge in [0.15, 0.2) is 0 Å². The van der Waals surface area contributed by atoms with Crippen molar-refractivity contribution in [3.8, 4) is 0 Å². The number of amides is 1. The fourth-order valence-electron chi connectivity index (χ4n) is 2.18. The van der Waals surface area contributed by atoms with E-state index in [1.165, 1.54) is 12.4 Å². The van der Waals surface area contributed by atoms with Gasteiger partial charge in [-0.2, -0.15) is 0 Å². The quantitative estimate of drug-likeness (QED) is 0.669. The molecule has 2 N–H and O–H groups in total. The number of para-hydroxylation sites is 1. The van der Waals surface area contributed by atoms with Crippen molar-refractivity contribution in [2.45, 2.75) is 6.92 Å². The van der Waals surface area contributed by atoms with Gasteiger partial charge in [-0.05, 0) is 36.8 Å². The largest absolute Gasteiger partial charge is 0.339 e. The topological polar surface area (TPSA) is 66.9 Å². The van der Waals surface area contributed by atoms with Gasteiger partial charge in [-0.1, -0.05) is 41.4 Å². The molecule has 3 rings (SSSR count). The molecule has 2 aromatic carbocycles. The molecular weight excluding hydrogens is 359 g/mol. The highest BCUT2D eigenvalue weighted by Crippen LogP contribution is 2.30. The fourth-order valence-corrected chi connectivity index (χ4v) is 2.67. The Balaban J connectivity index is 1.72. The number of hydrogen-bond donors (Lipinski definition) is 2. The number of hydrogen-bond acceptors (Lipinski definition) is 4. The average molecular weight is 373 g/mol. The van der Waals surface area contributed by atoms with E-state index in [4.69, 9.17) is 23.2 Å². The predicted octanol–water partition coefficient (Wildman–Crippen LogP) is 5.09. The molecular formula is C18H14Cl2N4O. The van der Waals surface area contributed by atoms with Crippen LogP contribution in [-0.4, -0.2) is 15.9 Å². The predicted molar refractivity (Wildman–Crippen MR) is 101 cm³/mol. The van der Waals surface area contributed by atoms with Gasteiger partial charge in [-0.15, -0.1) is 0 Å². The number of rotatable bonds is 4. The zero-order valence-electron chi connectivity index (χ0n) is 13.3. The summed E-state index contributed by atoms with van der Waals surface area (Å²) in [6.07, 6.45) is 2.88. The van der Waals surface area contributed by atoms with E-state index in [9.17, 15) is 4.79 Å². The summed E-state index contributed by atoms with van der Waals surface area (Å²) in [6.45, 7) is 2.00. The van der Waals surface area contributed by atoms with Crippen LogP contribution in [0.3, 0.4) is 0 Å². The number of carbonyl (C=O) groups is 1. The maximum absolute atomic E-state index is 12.3. The second-order valence-corrected chi connectivity index (χ2v) is 6.15. The van der Waals surface area contributed by atoms with Crippen molar-refractivity contribution in [3.63, 3.8) is 0 Å². The van der Waals surface area contributed by atoms with Crippen LogP contribution < -0.4 is 10.6 Å². The van der Waals surface area contributed by atoms with E-state index in [-0.39, 0.29) is 5.69 Å². The van der Waals surface area contributed by atoms with Gasteiger partial charge in [0, 0.05) is 5.69 Å². The summed E-state index contributed by atoms with van der Waals surface area (Å²) in [4.78, 5) is 20.6. The lowest BCUT2D eigenvalue weighted by atomic mass is 10.2. The molecule has 0 aliphatic rings. The minimum absolute atomic E-state index is 0.158. The van der Waals surface area contributed by atoms with Crippen molar-refractivity contribution in [2.75, 3.05) is 10.6 Å². The van der Waals surface area contributed by atoms with E-state index in [0.29, 0.717) is 21.6 Å². The smallest absolute Gasteiger partial charge is 0.275 e. The number of anilines is 3. The summed E-state index contributed by atoms with van der Waals surface area (Å²) < 4.78 is 0. The monoisotopic (exact) mass is 372 g/mol. The molecule has 0 bridgehead atoms. The summed E-state index contributed by atoms with van der Waals surface area (Å²) in [5, 5.41) is 6.48. The molecule has 3 aromatic rings. The molecule has 0 radical (unpaired) electrons. The van der Waals surface area contributed by atoms with Crippen LogP contribution in [-0.2, 0) is 0 Å². The molecule has 0 unspecified atom stereocenters. The van der Waals surface area contributed by atoms with Crippen molar-refractivity contribution >= 4 is 46.3 Å². The van der Waals surface area contributed by atoms with Crippen molar-refractivity contribution in [2.24, 2.45) is 0 Å². The summed E-state index contributed by atoms with van der Waals surface area (Å²) in [7, 11) is 0. The number of benzene rings is 2. The number of aryl methyl sites for hydroxylation is 1. The Kier molecular flexibility index (Phi) is 5.16. The summed E-state index contributed by atoms with van der Waals surface area (Å²) in [5.41, 5.74) is 2.53. The van der Waals surface area contributed by atoms with Gasteiger partial charge in [-0.25, -0.2) is 9.97 Å². The lowest BCUT2D eigenvalue weighted by Crippen LogP contribution is -2.15. The Hall–Kier alpha value is -2.63. The van der Waals surface area contributed by atoms with E-state index < -0.39 is 5.91 Å². The standard InChI is InChI=1S/C18H14Cl2N4O/c1-11-4-2-5-12(8-11)23-16-10-21-15(9-22-16)18(25)24-17-13(19)6-3-7-14(17)20/h2-10H,1H3,(H,22,23)(H,24,25). The Morgan fingerprint density at radius 2 is 1.72 bits per heavy atom. The highest BCUT2D eigenvalue weighted by Gasteiger charge is 2.13.